The molecule has 0 spiro atoms. The van der Waals surface area contributed by atoms with Gasteiger partial charge in [0.1, 0.15) is 0 Å². The molecular formula is C31H53N3O5. The van der Waals surface area contributed by atoms with Crippen LogP contribution < -0.4 is 5.32 Å². The molecule has 8 heteroatoms. The number of allylic oxidation sites excluding steroid dienone is 4. The lowest BCUT2D eigenvalue weighted by atomic mass is 9.83. The van der Waals surface area contributed by atoms with Crippen molar-refractivity contribution < 1.29 is 24.5 Å². The van der Waals surface area contributed by atoms with Gasteiger partial charge >= 0.3 is 6.09 Å². The summed E-state index contributed by atoms with van der Waals surface area (Å²) in [7, 11) is 2.00. The minimum absolute atomic E-state index is 0.0488. The number of carbonyl (C=O) groups is 2. The van der Waals surface area contributed by atoms with Gasteiger partial charge in [-0.1, -0.05) is 36.8 Å². The highest BCUT2D eigenvalue weighted by Crippen LogP contribution is 2.33. The van der Waals surface area contributed by atoms with Crippen molar-refractivity contribution in [1.82, 2.24) is 15.1 Å². The average Bonchev–Trinajstić information content (AvgIpc) is 2.90. The maximum Gasteiger partial charge on any atom is 0.407 e. The molecule has 2 amide bonds. The molecule has 0 radical (unpaired) electrons. The van der Waals surface area contributed by atoms with Crippen molar-refractivity contribution in [3.8, 4) is 0 Å². The number of nitrogens with zero attached hydrogens (tertiary/aromatic N) is 2. The number of hydrogen-bond donors (Lipinski definition) is 3. The van der Waals surface area contributed by atoms with Crippen LogP contribution in [0.4, 0.5) is 4.79 Å². The Morgan fingerprint density at radius 3 is 2.31 bits per heavy atom. The third-order valence-corrected chi connectivity index (χ3v) is 7.89. The molecule has 3 rings (SSSR count). The van der Waals surface area contributed by atoms with Gasteiger partial charge in [0.2, 0.25) is 5.91 Å². The highest BCUT2D eigenvalue weighted by molar-refractivity contribution is 5.87. The van der Waals surface area contributed by atoms with Crippen molar-refractivity contribution in [2.75, 3.05) is 39.8 Å². The molecule has 1 aliphatic carbocycles. The second-order valence-corrected chi connectivity index (χ2v) is 12.1. The number of carbonyl (C=O) groups excluding carboxylic acids is 1. The van der Waals surface area contributed by atoms with Gasteiger partial charge in [0.05, 0.1) is 11.7 Å². The first-order valence-corrected chi connectivity index (χ1v) is 14.8. The predicted molar refractivity (Wildman–Crippen MR) is 157 cm³/mol. The van der Waals surface area contributed by atoms with E-state index in [0.717, 1.165) is 51.6 Å². The monoisotopic (exact) mass is 547 g/mol. The number of hydrogen-bond acceptors (Lipinski definition) is 5. The summed E-state index contributed by atoms with van der Waals surface area (Å²) in [5.41, 5.74) is 1.11. The summed E-state index contributed by atoms with van der Waals surface area (Å²) in [5.74, 6) is 1.08. The Labute approximate surface area is 236 Å². The lowest BCUT2D eigenvalue weighted by Crippen LogP contribution is -2.46. The zero-order valence-electron chi connectivity index (χ0n) is 24.9. The molecule has 0 aromatic rings. The molecule has 1 saturated carbocycles. The highest BCUT2D eigenvalue weighted by atomic mass is 16.5. The van der Waals surface area contributed by atoms with Gasteiger partial charge in [-0.05, 0) is 97.1 Å². The normalized spacial score (nSPS) is 28.3. The number of amides is 2. The first-order chi connectivity index (χ1) is 18.5. The number of nitrogens with one attached hydrogen (secondary N) is 1. The predicted octanol–water partition coefficient (Wildman–Crippen LogP) is 5.00. The van der Waals surface area contributed by atoms with Crippen LogP contribution in [0.25, 0.3) is 0 Å². The topological polar surface area (TPSA) is 102 Å². The molecule has 3 fully saturated rings. The van der Waals surface area contributed by atoms with Gasteiger partial charge in [-0.2, -0.15) is 0 Å². The van der Waals surface area contributed by atoms with Crippen molar-refractivity contribution >= 4 is 12.0 Å². The number of rotatable bonds is 8. The number of piperazine rings is 1. The van der Waals surface area contributed by atoms with E-state index in [1.54, 1.807) is 6.08 Å². The van der Waals surface area contributed by atoms with Gasteiger partial charge in [0.15, 0.2) is 0 Å². The van der Waals surface area contributed by atoms with E-state index in [1.165, 1.54) is 23.3 Å². The molecule has 222 valence electrons. The van der Waals surface area contributed by atoms with E-state index >= 15 is 0 Å². The van der Waals surface area contributed by atoms with E-state index < -0.39 is 6.09 Å². The summed E-state index contributed by atoms with van der Waals surface area (Å²) >= 11 is 0. The molecule has 2 heterocycles. The summed E-state index contributed by atoms with van der Waals surface area (Å²) in [6.07, 6.45) is 17.8. The van der Waals surface area contributed by atoms with E-state index in [9.17, 15) is 14.7 Å². The van der Waals surface area contributed by atoms with Gasteiger partial charge < -0.3 is 30.1 Å². The van der Waals surface area contributed by atoms with Crippen molar-refractivity contribution in [3.63, 3.8) is 0 Å². The molecular weight excluding hydrogens is 494 g/mol. The summed E-state index contributed by atoms with van der Waals surface area (Å²) in [6.45, 7) is 11.6. The quantitative estimate of drug-likeness (QED) is 0.292. The van der Waals surface area contributed by atoms with Crippen LogP contribution in [0.15, 0.2) is 36.0 Å². The van der Waals surface area contributed by atoms with Crippen LogP contribution in [0.2, 0.25) is 0 Å². The van der Waals surface area contributed by atoms with E-state index in [2.05, 4.69) is 49.2 Å². The molecule has 0 aromatic carbocycles. The number of ether oxygens (including phenoxy) is 1. The molecule has 2 aliphatic heterocycles. The fraction of sp³-hybridized carbons (Fsp3) is 0.742. The second kappa shape index (κ2) is 16.8. The van der Waals surface area contributed by atoms with Gasteiger partial charge in [-0.3, -0.25) is 4.79 Å². The van der Waals surface area contributed by atoms with Crippen LogP contribution in [-0.4, -0.2) is 89.6 Å². The molecule has 2 unspecified atom stereocenters. The summed E-state index contributed by atoms with van der Waals surface area (Å²) in [5, 5.41) is 21.2. The van der Waals surface area contributed by atoms with Gasteiger partial charge in [-0.15, -0.1) is 0 Å². The Kier molecular flexibility index (Phi) is 14.3. The minimum Gasteiger partial charge on any atom is -0.465 e. The third kappa shape index (κ3) is 13.2. The molecule has 0 aromatic heterocycles. The summed E-state index contributed by atoms with van der Waals surface area (Å²) in [6, 6.07) is 0.330. The smallest absolute Gasteiger partial charge is 0.407 e. The number of likely N-dealkylation sites (N-methyl/N-ethyl adjacent to an activating group) is 1. The fourth-order valence-electron chi connectivity index (χ4n) is 5.56. The van der Waals surface area contributed by atoms with Crippen molar-refractivity contribution in [2.24, 2.45) is 11.8 Å². The first-order valence-electron chi connectivity index (χ1n) is 14.8. The van der Waals surface area contributed by atoms with E-state index in [0.29, 0.717) is 31.0 Å². The van der Waals surface area contributed by atoms with E-state index in [-0.39, 0.29) is 24.2 Å². The third-order valence-electron chi connectivity index (χ3n) is 7.89. The van der Waals surface area contributed by atoms with Crippen LogP contribution in [0.5, 0.6) is 0 Å². The maximum atomic E-state index is 11.8. The average molecular weight is 548 g/mol. The lowest BCUT2D eigenvalue weighted by Gasteiger charge is -2.39. The van der Waals surface area contributed by atoms with Gasteiger partial charge in [-0.25, -0.2) is 4.79 Å². The Bertz CT molecular complexity index is 837. The van der Waals surface area contributed by atoms with Gasteiger partial charge in [0, 0.05) is 38.8 Å². The minimum atomic E-state index is -0.798. The SMILES string of the molecule is CC/C=C\C(=O)NC1CCC(C/C=C(C)/C=C/C2CC(CO)CC(C)(C)O2)CC1.CN1CCN(C(=O)O)CC1. The number of aliphatic hydroxyl groups is 1. The Morgan fingerprint density at radius 1 is 1.05 bits per heavy atom. The highest BCUT2D eigenvalue weighted by Gasteiger charge is 2.33. The van der Waals surface area contributed by atoms with Gasteiger partial charge in [0.25, 0.3) is 0 Å². The second-order valence-electron chi connectivity index (χ2n) is 12.1. The fourth-order valence-corrected chi connectivity index (χ4v) is 5.56. The molecule has 2 atom stereocenters. The largest absolute Gasteiger partial charge is 0.465 e. The van der Waals surface area contributed by atoms with Crippen LogP contribution in [0, 0.1) is 11.8 Å². The van der Waals surface area contributed by atoms with E-state index in [4.69, 9.17) is 9.84 Å². The maximum absolute atomic E-state index is 11.8. The van der Waals surface area contributed by atoms with Crippen LogP contribution in [0.3, 0.4) is 0 Å². The van der Waals surface area contributed by atoms with E-state index in [1.807, 2.05) is 20.0 Å². The first kappa shape index (κ1) is 33.0. The lowest BCUT2D eigenvalue weighted by molar-refractivity contribution is -0.117. The standard InChI is InChI=1S/C25H41NO3.C6H12N2O2/c1-5-6-7-24(28)26-22-13-11-20(12-14-22)10-8-19(2)9-15-23-16-21(18-27)17-25(3,4)29-23;1-7-2-4-8(5-3-7)6(9)10/h6-9,15,20-23,27H,5,10-14,16-18H2,1-4H3,(H,26,28);2-5H2,1H3,(H,9,10)/b7-6-,15-9+,19-8+;. The molecule has 2 saturated heterocycles. The van der Waals surface area contributed by atoms with Crippen LogP contribution in [0.1, 0.15) is 79.1 Å². The molecule has 0 bridgehead atoms. The Hall–Kier alpha value is -2.16. The van der Waals surface area contributed by atoms with Crippen molar-refractivity contribution in [3.05, 3.63) is 36.0 Å². The van der Waals surface area contributed by atoms with Crippen LogP contribution in [-0.2, 0) is 9.53 Å². The summed E-state index contributed by atoms with van der Waals surface area (Å²) in [4.78, 5) is 25.7. The van der Waals surface area contributed by atoms with Crippen molar-refractivity contribution in [2.45, 2.75) is 96.8 Å². The Balaban J connectivity index is 0.000000446. The zero-order chi connectivity index (χ0) is 28.8. The molecule has 3 N–H and O–H groups in total. The zero-order valence-corrected chi connectivity index (χ0v) is 24.9. The van der Waals surface area contributed by atoms with Crippen LogP contribution >= 0.6 is 0 Å². The molecule has 3 aliphatic rings. The molecule has 39 heavy (non-hydrogen) atoms. The number of aliphatic hydroxyl groups excluding tert-OH is 1. The number of carboxylic acid groups (broad SMARTS) is 1. The summed E-state index contributed by atoms with van der Waals surface area (Å²) < 4.78 is 6.15. The van der Waals surface area contributed by atoms with Crippen molar-refractivity contribution in [1.29, 1.82) is 0 Å². The molecule has 8 nitrogen and oxygen atoms in total. The Morgan fingerprint density at radius 2 is 1.72 bits per heavy atom.